The van der Waals surface area contributed by atoms with E-state index in [4.69, 9.17) is 13.8 Å². The van der Waals surface area contributed by atoms with Crippen LogP contribution in [0, 0.1) is 0 Å². The minimum absolute atomic E-state index is 0.333. The molecule has 7 aromatic carbocycles. The average molecular weight is 989 g/mol. The van der Waals surface area contributed by atoms with Crippen LogP contribution in [0.25, 0.3) is 72.1 Å². The van der Waals surface area contributed by atoms with Crippen LogP contribution in [0.3, 0.4) is 0 Å². The second-order valence-electron chi connectivity index (χ2n) is 21.3. The Morgan fingerprint density at radius 1 is 0.480 bits per heavy atom. The van der Waals surface area contributed by atoms with Gasteiger partial charge >= 0.3 is 0 Å². The fourth-order valence-corrected chi connectivity index (χ4v) is 11.6. The predicted octanol–water partition coefficient (Wildman–Crippen LogP) is 17.2. The molecule has 12 rings (SSSR count). The molecule has 0 atom stereocenters. The summed E-state index contributed by atoms with van der Waals surface area (Å²) in [6.07, 6.45) is 19.8. The maximum absolute atomic E-state index is 6.73. The van der Waals surface area contributed by atoms with E-state index in [1.54, 1.807) is 0 Å². The van der Waals surface area contributed by atoms with Gasteiger partial charge in [-0.3, -0.25) is 4.57 Å². The zero-order chi connectivity index (χ0) is 50.8. The standard InChI is InChI=1S/C67H68N6O2/c1-47(2)57-42-52(49-22-10-7-11-23-49)43-58(48(3)4)64(57)73-53(44-68-67(73)51-25-12-8-13-26-51)27-14-6-5-9-24-50-34-35-60(66-63(50)56-29-16-18-33-62(56)75-66)72-41-39-70(46-72)37-20-19-36-69-38-40-71(45-69)59-31-21-30-55-54-28-15-17-32-61(54)74-65(55)59/h7-8,10-13,15-18,21-23,25-26,28-35,38-44,47-48H,5-6,9,14,19-20,24,27,36-37,45-46H2,1-4H3. The number of rotatable bonds is 19. The number of aryl methyl sites for hydroxylation is 2. The molecule has 0 saturated carbocycles. The summed E-state index contributed by atoms with van der Waals surface area (Å²) in [6.45, 7) is 13.0. The van der Waals surface area contributed by atoms with Gasteiger partial charge in [0.15, 0.2) is 11.2 Å². The van der Waals surface area contributed by atoms with Crippen LogP contribution in [0.4, 0.5) is 11.4 Å². The van der Waals surface area contributed by atoms with Gasteiger partial charge in [0.05, 0.1) is 30.4 Å². The molecule has 0 N–H and O–H groups in total. The van der Waals surface area contributed by atoms with Gasteiger partial charge in [-0.1, -0.05) is 156 Å². The highest BCUT2D eigenvalue weighted by Crippen LogP contribution is 2.42. The van der Waals surface area contributed by atoms with Crippen molar-refractivity contribution in [2.24, 2.45) is 0 Å². The Morgan fingerprint density at radius 3 is 1.71 bits per heavy atom. The lowest BCUT2D eigenvalue weighted by molar-refractivity contribution is 0.354. The number of hydrogen-bond acceptors (Lipinski definition) is 7. The van der Waals surface area contributed by atoms with Crippen LogP contribution in [0.5, 0.6) is 0 Å². The van der Waals surface area contributed by atoms with E-state index in [0.717, 1.165) is 123 Å². The summed E-state index contributed by atoms with van der Waals surface area (Å²) in [6, 6.07) is 54.4. The lowest BCUT2D eigenvalue weighted by atomic mass is 9.88. The number of benzene rings is 7. The first-order valence-electron chi connectivity index (χ1n) is 27.4. The fourth-order valence-electron chi connectivity index (χ4n) is 11.6. The molecule has 2 aliphatic rings. The fraction of sp³-hybridized carbons (Fsp3) is 0.269. The van der Waals surface area contributed by atoms with E-state index in [2.05, 4.69) is 228 Å². The molecule has 0 spiro atoms. The quantitative estimate of drug-likeness (QED) is 0.0748. The molecule has 8 nitrogen and oxygen atoms in total. The molecule has 75 heavy (non-hydrogen) atoms. The summed E-state index contributed by atoms with van der Waals surface area (Å²) in [7, 11) is 0. The third kappa shape index (κ3) is 9.59. The Kier molecular flexibility index (Phi) is 13.5. The predicted molar refractivity (Wildman–Crippen MR) is 312 cm³/mol. The van der Waals surface area contributed by atoms with Crippen LogP contribution in [0.1, 0.15) is 100 Å². The Hall–Kier alpha value is -7.97. The Morgan fingerprint density at radius 2 is 1.04 bits per heavy atom. The summed E-state index contributed by atoms with van der Waals surface area (Å²) < 4.78 is 15.6. The third-order valence-corrected chi connectivity index (χ3v) is 15.6. The largest absolute Gasteiger partial charge is 0.454 e. The molecule has 0 aliphatic carbocycles. The lowest BCUT2D eigenvalue weighted by Crippen LogP contribution is -2.28. The lowest BCUT2D eigenvalue weighted by Gasteiger charge is -2.25. The van der Waals surface area contributed by atoms with Gasteiger partial charge in [-0.05, 0) is 115 Å². The first kappa shape index (κ1) is 48.0. The van der Waals surface area contributed by atoms with Crippen molar-refractivity contribution in [1.82, 2.24) is 19.4 Å². The summed E-state index contributed by atoms with van der Waals surface area (Å²) in [5.41, 5.74) is 16.4. The topological polar surface area (TPSA) is 57.1 Å². The molecular formula is C67H68N6O2. The summed E-state index contributed by atoms with van der Waals surface area (Å²) >= 11 is 0. The first-order chi connectivity index (χ1) is 36.9. The minimum Gasteiger partial charge on any atom is -0.454 e. The Labute approximate surface area is 441 Å². The van der Waals surface area contributed by atoms with Gasteiger partial charge in [-0.25, -0.2) is 4.98 Å². The molecule has 378 valence electrons. The molecule has 0 radical (unpaired) electrons. The average Bonchev–Trinajstić information content (AvgIpc) is 4.32. The van der Waals surface area contributed by atoms with Crippen molar-refractivity contribution in [2.75, 3.05) is 36.2 Å². The van der Waals surface area contributed by atoms with E-state index in [0.29, 0.717) is 11.8 Å². The number of furan rings is 2. The van der Waals surface area contributed by atoms with Gasteiger partial charge in [0.1, 0.15) is 17.0 Å². The molecule has 0 amide bonds. The molecule has 8 heteroatoms. The van der Waals surface area contributed by atoms with E-state index in [-0.39, 0.29) is 0 Å². The van der Waals surface area contributed by atoms with E-state index < -0.39 is 0 Å². The number of unbranched alkanes of at least 4 members (excludes halogenated alkanes) is 4. The number of anilines is 2. The molecule has 0 saturated heterocycles. The van der Waals surface area contributed by atoms with Crippen LogP contribution >= 0.6 is 0 Å². The highest BCUT2D eigenvalue weighted by molar-refractivity contribution is 6.11. The van der Waals surface area contributed by atoms with E-state index in [9.17, 15) is 0 Å². The van der Waals surface area contributed by atoms with E-state index in [1.165, 1.54) is 60.7 Å². The van der Waals surface area contributed by atoms with Crippen molar-refractivity contribution in [1.29, 1.82) is 0 Å². The number of hydrogen-bond donors (Lipinski definition) is 0. The molecule has 0 bridgehead atoms. The van der Waals surface area contributed by atoms with Crippen molar-refractivity contribution in [3.63, 3.8) is 0 Å². The molecule has 3 aromatic heterocycles. The summed E-state index contributed by atoms with van der Waals surface area (Å²) in [5, 5.41) is 4.79. The monoisotopic (exact) mass is 989 g/mol. The van der Waals surface area contributed by atoms with Crippen molar-refractivity contribution in [3.05, 3.63) is 205 Å². The number of aromatic nitrogens is 2. The SMILES string of the molecule is CC(C)c1cc(-c2ccccc2)cc(C(C)C)c1-n1c(CCCCCCc2ccc(N3C=CN(CCCCN4C=CN(c5cccc6c5oc5ccccc56)C4)C3)c3oc4ccccc4c23)cnc1-c1ccccc1. The smallest absolute Gasteiger partial charge is 0.159 e. The minimum atomic E-state index is 0.333. The highest BCUT2D eigenvalue weighted by Gasteiger charge is 2.25. The van der Waals surface area contributed by atoms with Crippen LogP contribution < -0.4 is 9.80 Å². The second-order valence-corrected chi connectivity index (χ2v) is 21.3. The Bertz CT molecular complexity index is 3640. The van der Waals surface area contributed by atoms with Gasteiger partial charge in [0.25, 0.3) is 0 Å². The Balaban J connectivity index is 0.681. The van der Waals surface area contributed by atoms with Gasteiger partial charge in [-0.15, -0.1) is 0 Å². The van der Waals surface area contributed by atoms with Gasteiger partial charge in [0.2, 0.25) is 0 Å². The molecule has 2 aliphatic heterocycles. The van der Waals surface area contributed by atoms with Gasteiger partial charge < -0.3 is 28.4 Å². The number of imidazole rings is 1. The maximum Gasteiger partial charge on any atom is 0.159 e. The maximum atomic E-state index is 6.73. The molecule has 5 heterocycles. The summed E-state index contributed by atoms with van der Waals surface area (Å²) in [5.74, 6) is 1.69. The van der Waals surface area contributed by atoms with Crippen LogP contribution in [0.15, 0.2) is 191 Å². The zero-order valence-corrected chi connectivity index (χ0v) is 44.0. The van der Waals surface area contributed by atoms with E-state index >= 15 is 0 Å². The normalized spacial score (nSPS) is 13.8. The first-order valence-corrected chi connectivity index (χ1v) is 27.4. The van der Waals surface area contributed by atoms with Crippen molar-refractivity contribution in [3.8, 4) is 28.2 Å². The van der Waals surface area contributed by atoms with Crippen LogP contribution in [-0.2, 0) is 12.8 Å². The third-order valence-electron chi connectivity index (χ3n) is 15.6. The van der Waals surface area contributed by atoms with Crippen molar-refractivity contribution < 1.29 is 8.83 Å². The summed E-state index contributed by atoms with van der Waals surface area (Å²) in [4.78, 5) is 14.7. The number of fused-ring (bicyclic) bond motifs is 6. The molecule has 0 unspecified atom stereocenters. The molecular weight excluding hydrogens is 921 g/mol. The van der Waals surface area contributed by atoms with E-state index in [1.807, 2.05) is 6.07 Å². The van der Waals surface area contributed by atoms with Gasteiger partial charge in [-0.2, -0.15) is 0 Å². The highest BCUT2D eigenvalue weighted by atomic mass is 16.3. The molecule has 10 aromatic rings. The second kappa shape index (κ2) is 21.1. The van der Waals surface area contributed by atoms with Gasteiger partial charge in [0, 0.05) is 76.9 Å². The van der Waals surface area contributed by atoms with Crippen molar-refractivity contribution in [2.45, 2.75) is 90.9 Å². The zero-order valence-electron chi connectivity index (χ0n) is 44.0. The number of nitrogens with zero attached hydrogens (tertiary/aromatic N) is 6. The number of para-hydroxylation sites is 3. The van der Waals surface area contributed by atoms with Crippen molar-refractivity contribution >= 4 is 55.3 Å². The molecule has 0 fully saturated rings. The van der Waals surface area contributed by atoms with Crippen LogP contribution in [0.2, 0.25) is 0 Å². The van der Waals surface area contributed by atoms with Crippen LogP contribution in [-0.4, -0.2) is 45.8 Å².